The first-order chi connectivity index (χ1) is 12.4. The minimum absolute atomic E-state index is 0.0347. The van der Waals surface area contributed by atoms with Crippen LogP contribution < -0.4 is 10.1 Å². The summed E-state index contributed by atoms with van der Waals surface area (Å²) in [7, 11) is 0. The molecule has 1 aromatic heterocycles. The summed E-state index contributed by atoms with van der Waals surface area (Å²) >= 11 is 0. The number of aromatic nitrogens is 3. The summed E-state index contributed by atoms with van der Waals surface area (Å²) in [5, 5.41) is 9.77. The lowest BCUT2D eigenvalue weighted by atomic mass is 10.1. The van der Waals surface area contributed by atoms with Crippen molar-refractivity contribution in [2.75, 3.05) is 11.9 Å². The number of aryl methyl sites for hydroxylation is 3. The molecular formula is C20H22N4O2. The molecule has 6 nitrogen and oxygen atoms in total. The maximum absolute atomic E-state index is 12.2. The molecule has 2 N–H and O–H groups in total. The fourth-order valence-electron chi connectivity index (χ4n) is 2.66. The van der Waals surface area contributed by atoms with Crippen LogP contribution in [0.5, 0.6) is 5.75 Å². The van der Waals surface area contributed by atoms with Crippen molar-refractivity contribution in [1.29, 1.82) is 0 Å². The van der Waals surface area contributed by atoms with E-state index in [1.54, 1.807) is 0 Å². The fourth-order valence-corrected chi connectivity index (χ4v) is 2.66. The Morgan fingerprint density at radius 1 is 1.04 bits per heavy atom. The molecule has 0 aliphatic carbocycles. The molecule has 0 fully saturated rings. The van der Waals surface area contributed by atoms with Gasteiger partial charge >= 0.3 is 0 Å². The number of H-pyrrole nitrogens is 1. The number of aromatic amines is 1. The second kappa shape index (κ2) is 7.39. The molecule has 0 unspecified atom stereocenters. The van der Waals surface area contributed by atoms with Crippen LogP contribution in [0, 0.1) is 27.7 Å². The van der Waals surface area contributed by atoms with E-state index in [0.29, 0.717) is 11.5 Å². The van der Waals surface area contributed by atoms with E-state index in [9.17, 15) is 4.79 Å². The monoisotopic (exact) mass is 350 g/mol. The number of nitrogens with zero attached hydrogens (tertiary/aromatic N) is 2. The van der Waals surface area contributed by atoms with E-state index in [-0.39, 0.29) is 12.5 Å². The number of amides is 1. The summed E-state index contributed by atoms with van der Waals surface area (Å²) in [4.78, 5) is 16.5. The third-order valence-corrected chi connectivity index (χ3v) is 4.25. The highest BCUT2D eigenvalue weighted by atomic mass is 16.5. The normalized spacial score (nSPS) is 10.6. The van der Waals surface area contributed by atoms with Gasteiger partial charge in [0.2, 0.25) is 0 Å². The Balaban J connectivity index is 1.61. The predicted molar refractivity (Wildman–Crippen MR) is 101 cm³/mol. The number of carbonyl (C=O) groups excluding carboxylic acids is 1. The second-order valence-corrected chi connectivity index (χ2v) is 6.31. The third kappa shape index (κ3) is 3.91. The largest absolute Gasteiger partial charge is 0.483 e. The van der Waals surface area contributed by atoms with Crippen LogP contribution in [0.15, 0.2) is 36.4 Å². The van der Waals surface area contributed by atoms with Gasteiger partial charge in [-0.25, -0.2) is 4.98 Å². The molecule has 0 aliphatic heterocycles. The van der Waals surface area contributed by atoms with Gasteiger partial charge in [0.1, 0.15) is 11.6 Å². The van der Waals surface area contributed by atoms with Gasteiger partial charge in [-0.1, -0.05) is 12.1 Å². The molecule has 134 valence electrons. The molecule has 6 heteroatoms. The van der Waals surface area contributed by atoms with Crippen LogP contribution in [-0.4, -0.2) is 27.7 Å². The smallest absolute Gasteiger partial charge is 0.262 e. The first-order valence-electron chi connectivity index (χ1n) is 8.43. The SMILES string of the molecule is Cc1nc(-c2ccc(NC(=O)COc3c(C)ccc(C)c3C)cc2)n[nH]1. The van der Waals surface area contributed by atoms with Gasteiger partial charge in [0.15, 0.2) is 12.4 Å². The summed E-state index contributed by atoms with van der Waals surface area (Å²) in [6, 6.07) is 11.4. The van der Waals surface area contributed by atoms with Gasteiger partial charge in [0, 0.05) is 11.3 Å². The number of carbonyl (C=O) groups is 1. The van der Waals surface area contributed by atoms with Gasteiger partial charge in [-0.2, -0.15) is 5.10 Å². The third-order valence-electron chi connectivity index (χ3n) is 4.25. The molecular weight excluding hydrogens is 328 g/mol. The second-order valence-electron chi connectivity index (χ2n) is 6.31. The molecule has 0 spiro atoms. The number of nitrogens with one attached hydrogen (secondary N) is 2. The molecule has 0 bridgehead atoms. The number of hydrogen-bond donors (Lipinski definition) is 2. The van der Waals surface area contributed by atoms with E-state index >= 15 is 0 Å². The van der Waals surface area contributed by atoms with Crippen LogP contribution in [0.2, 0.25) is 0 Å². The van der Waals surface area contributed by atoms with Gasteiger partial charge in [-0.3, -0.25) is 9.89 Å². The van der Waals surface area contributed by atoms with Crippen molar-refractivity contribution in [3.05, 3.63) is 58.9 Å². The zero-order chi connectivity index (χ0) is 18.7. The van der Waals surface area contributed by atoms with E-state index < -0.39 is 0 Å². The lowest BCUT2D eigenvalue weighted by molar-refractivity contribution is -0.118. The summed E-state index contributed by atoms with van der Waals surface area (Å²) in [5.74, 6) is 1.97. The standard InChI is InChI=1S/C20H22N4O2/c1-12-5-6-13(2)19(14(12)3)26-11-18(25)22-17-9-7-16(8-10-17)20-21-15(4)23-24-20/h5-10H,11H2,1-4H3,(H,22,25)(H,21,23,24). The molecule has 1 heterocycles. The molecule has 26 heavy (non-hydrogen) atoms. The Kier molecular flexibility index (Phi) is 5.02. The fraction of sp³-hybridized carbons (Fsp3) is 0.250. The molecule has 0 radical (unpaired) electrons. The Morgan fingerprint density at radius 2 is 1.73 bits per heavy atom. The van der Waals surface area contributed by atoms with Crippen LogP contribution >= 0.6 is 0 Å². The Labute approximate surface area is 152 Å². The average molecular weight is 350 g/mol. The Morgan fingerprint density at radius 3 is 2.38 bits per heavy atom. The van der Waals surface area contributed by atoms with Crippen molar-refractivity contribution in [2.45, 2.75) is 27.7 Å². The van der Waals surface area contributed by atoms with Crippen LogP contribution in [0.1, 0.15) is 22.5 Å². The molecule has 3 rings (SSSR count). The van der Waals surface area contributed by atoms with Crippen LogP contribution in [-0.2, 0) is 4.79 Å². The predicted octanol–water partition coefficient (Wildman–Crippen LogP) is 3.72. The Bertz CT molecular complexity index is 929. The molecule has 0 saturated carbocycles. The summed E-state index contributed by atoms with van der Waals surface area (Å²) in [5.41, 5.74) is 4.81. The highest BCUT2D eigenvalue weighted by molar-refractivity contribution is 5.92. The quantitative estimate of drug-likeness (QED) is 0.735. The van der Waals surface area contributed by atoms with Crippen molar-refractivity contribution in [1.82, 2.24) is 15.2 Å². The van der Waals surface area contributed by atoms with Crippen LogP contribution in [0.4, 0.5) is 5.69 Å². The summed E-state index contributed by atoms with van der Waals surface area (Å²) in [6.45, 7) is 7.82. The number of ether oxygens (including phenoxy) is 1. The highest BCUT2D eigenvalue weighted by Gasteiger charge is 2.10. The van der Waals surface area contributed by atoms with E-state index in [1.807, 2.05) is 58.0 Å². The number of hydrogen-bond acceptors (Lipinski definition) is 4. The molecule has 1 amide bonds. The number of rotatable bonds is 5. The van der Waals surface area contributed by atoms with Gasteiger partial charge in [0.25, 0.3) is 5.91 Å². The summed E-state index contributed by atoms with van der Waals surface area (Å²) in [6.07, 6.45) is 0. The van der Waals surface area contributed by atoms with Crippen molar-refractivity contribution >= 4 is 11.6 Å². The topological polar surface area (TPSA) is 79.9 Å². The van der Waals surface area contributed by atoms with Crippen LogP contribution in [0.3, 0.4) is 0 Å². The average Bonchev–Trinajstić information content (AvgIpc) is 3.05. The maximum Gasteiger partial charge on any atom is 0.262 e. The highest BCUT2D eigenvalue weighted by Crippen LogP contribution is 2.25. The van der Waals surface area contributed by atoms with Crippen molar-refractivity contribution in [3.63, 3.8) is 0 Å². The lowest BCUT2D eigenvalue weighted by Crippen LogP contribution is -2.20. The zero-order valence-corrected chi connectivity index (χ0v) is 15.4. The van der Waals surface area contributed by atoms with Gasteiger partial charge < -0.3 is 10.1 Å². The van der Waals surface area contributed by atoms with E-state index in [0.717, 1.165) is 33.8 Å². The molecule has 2 aromatic carbocycles. The van der Waals surface area contributed by atoms with Gasteiger partial charge in [-0.05, 0) is 68.7 Å². The Hall–Kier alpha value is -3.15. The minimum atomic E-state index is -0.202. The van der Waals surface area contributed by atoms with Crippen LogP contribution in [0.25, 0.3) is 11.4 Å². The maximum atomic E-state index is 12.2. The number of benzene rings is 2. The number of anilines is 1. The van der Waals surface area contributed by atoms with E-state index in [2.05, 4.69) is 26.6 Å². The van der Waals surface area contributed by atoms with E-state index in [1.165, 1.54) is 0 Å². The molecule has 0 atom stereocenters. The first kappa shape index (κ1) is 17.7. The minimum Gasteiger partial charge on any atom is -0.483 e. The molecule has 0 saturated heterocycles. The molecule has 3 aromatic rings. The zero-order valence-electron chi connectivity index (χ0n) is 15.4. The van der Waals surface area contributed by atoms with Gasteiger partial charge in [-0.15, -0.1) is 0 Å². The molecule has 0 aliphatic rings. The van der Waals surface area contributed by atoms with E-state index in [4.69, 9.17) is 4.74 Å². The first-order valence-corrected chi connectivity index (χ1v) is 8.43. The van der Waals surface area contributed by atoms with Crippen molar-refractivity contribution in [3.8, 4) is 17.1 Å². The van der Waals surface area contributed by atoms with Crippen molar-refractivity contribution < 1.29 is 9.53 Å². The van der Waals surface area contributed by atoms with Crippen molar-refractivity contribution in [2.24, 2.45) is 0 Å². The summed E-state index contributed by atoms with van der Waals surface area (Å²) < 4.78 is 5.74. The van der Waals surface area contributed by atoms with Gasteiger partial charge in [0.05, 0.1) is 0 Å². The lowest BCUT2D eigenvalue weighted by Gasteiger charge is -2.14.